The van der Waals surface area contributed by atoms with Gasteiger partial charge in [0.25, 0.3) is 5.69 Å². The van der Waals surface area contributed by atoms with Crippen LogP contribution in [-0.2, 0) is 9.84 Å². The Morgan fingerprint density at radius 3 is 2.56 bits per heavy atom. The van der Waals surface area contributed by atoms with E-state index in [4.69, 9.17) is 0 Å². The second kappa shape index (κ2) is 7.31. The van der Waals surface area contributed by atoms with Gasteiger partial charge in [0, 0.05) is 24.6 Å². The maximum atomic E-state index is 11.9. The van der Waals surface area contributed by atoms with E-state index in [0.717, 1.165) is 32.1 Å². The van der Waals surface area contributed by atoms with Crippen molar-refractivity contribution in [2.24, 2.45) is 0 Å². The quantitative estimate of drug-likeness (QED) is 0.575. The lowest BCUT2D eigenvalue weighted by molar-refractivity contribution is -0.387. The molecule has 7 heteroatoms. The van der Waals surface area contributed by atoms with Gasteiger partial charge in [0.2, 0.25) is 0 Å². The molecule has 2 aromatic rings. The molecule has 1 heterocycles. The fourth-order valence-corrected chi connectivity index (χ4v) is 4.67. The molecule has 1 aliphatic rings. The Labute approximate surface area is 159 Å². The minimum atomic E-state index is -3.66. The lowest BCUT2D eigenvalue weighted by Crippen LogP contribution is -2.34. The average molecular weight is 388 g/mol. The Kier molecular flexibility index (Phi) is 5.24. The topological polar surface area (TPSA) is 80.5 Å². The molecule has 3 rings (SSSR count). The molecule has 1 fully saturated rings. The van der Waals surface area contributed by atoms with Gasteiger partial charge >= 0.3 is 0 Å². The van der Waals surface area contributed by atoms with Gasteiger partial charge in [0.1, 0.15) is 4.90 Å². The Hall–Kier alpha value is -2.41. The van der Waals surface area contributed by atoms with Crippen molar-refractivity contribution in [3.05, 3.63) is 63.2 Å². The second-order valence-electron chi connectivity index (χ2n) is 7.18. The molecule has 0 amide bonds. The zero-order chi connectivity index (χ0) is 19.8. The molecule has 1 saturated heterocycles. The van der Waals surface area contributed by atoms with Crippen molar-refractivity contribution in [2.45, 2.75) is 44.0 Å². The summed E-state index contributed by atoms with van der Waals surface area (Å²) in [7, 11) is -3.66. The maximum Gasteiger partial charge on any atom is 0.290 e. The Balaban J connectivity index is 2.09. The molecule has 6 nitrogen and oxygen atoms in total. The van der Waals surface area contributed by atoms with Crippen LogP contribution >= 0.6 is 0 Å². The van der Waals surface area contributed by atoms with Crippen molar-refractivity contribution in [2.75, 3.05) is 17.7 Å². The van der Waals surface area contributed by atoms with Gasteiger partial charge in [-0.1, -0.05) is 18.2 Å². The number of nitro benzene ring substituents is 1. The van der Waals surface area contributed by atoms with Gasteiger partial charge < -0.3 is 4.90 Å². The van der Waals surface area contributed by atoms with E-state index in [1.54, 1.807) is 6.07 Å². The highest BCUT2D eigenvalue weighted by atomic mass is 32.2. The van der Waals surface area contributed by atoms with Gasteiger partial charge in [-0.2, -0.15) is 0 Å². The van der Waals surface area contributed by atoms with Crippen LogP contribution in [0.15, 0.2) is 41.3 Å². The number of sulfone groups is 1. The van der Waals surface area contributed by atoms with Crippen molar-refractivity contribution in [1.82, 2.24) is 0 Å². The lowest BCUT2D eigenvalue weighted by atomic mass is 9.90. The van der Waals surface area contributed by atoms with E-state index in [-0.39, 0.29) is 16.6 Å². The van der Waals surface area contributed by atoms with Crippen LogP contribution in [0.2, 0.25) is 0 Å². The van der Waals surface area contributed by atoms with E-state index < -0.39 is 14.8 Å². The van der Waals surface area contributed by atoms with Gasteiger partial charge in [-0.25, -0.2) is 8.42 Å². The number of aryl methyl sites for hydroxylation is 1. The van der Waals surface area contributed by atoms with Crippen LogP contribution in [-0.4, -0.2) is 26.1 Å². The summed E-state index contributed by atoms with van der Waals surface area (Å²) in [6.07, 6.45) is 4.06. The van der Waals surface area contributed by atoms with Gasteiger partial charge in [-0.3, -0.25) is 10.1 Å². The highest BCUT2D eigenvalue weighted by Crippen LogP contribution is 2.39. The van der Waals surface area contributed by atoms with Crippen molar-refractivity contribution < 1.29 is 13.3 Å². The number of hydrogen-bond donors (Lipinski definition) is 0. The first-order valence-electron chi connectivity index (χ1n) is 9.01. The first-order valence-corrected chi connectivity index (χ1v) is 10.9. The van der Waals surface area contributed by atoms with Crippen LogP contribution in [0.1, 0.15) is 42.0 Å². The molecule has 0 aliphatic carbocycles. The number of hydrogen-bond acceptors (Lipinski definition) is 5. The van der Waals surface area contributed by atoms with E-state index in [1.165, 1.54) is 28.8 Å². The number of nitro groups is 1. The Morgan fingerprint density at radius 2 is 1.89 bits per heavy atom. The van der Waals surface area contributed by atoms with Crippen LogP contribution in [0.5, 0.6) is 0 Å². The Morgan fingerprint density at radius 1 is 1.15 bits per heavy atom. The van der Waals surface area contributed by atoms with E-state index >= 15 is 0 Å². The number of benzene rings is 2. The summed E-state index contributed by atoms with van der Waals surface area (Å²) in [6, 6.07) is 10.8. The molecule has 0 bridgehead atoms. The molecule has 1 aliphatic heterocycles. The summed E-state index contributed by atoms with van der Waals surface area (Å²) in [5.41, 5.74) is 4.01. The van der Waals surface area contributed by atoms with Crippen molar-refractivity contribution in [3.63, 3.8) is 0 Å². The summed E-state index contributed by atoms with van der Waals surface area (Å²) in [5, 5.41) is 11.5. The largest absolute Gasteiger partial charge is 0.364 e. The summed E-state index contributed by atoms with van der Waals surface area (Å²) in [6.45, 7) is 4.97. The van der Waals surface area contributed by atoms with Gasteiger partial charge in [0.05, 0.1) is 11.0 Å². The fourth-order valence-electron chi connectivity index (χ4n) is 3.84. The normalized spacial score (nSPS) is 17.7. The minimum Gasteiger partial charge on any atom is -0.364 e. The maximum absolute atomic E-state index is 11.9. The highest BCUT2D eigenvalue weighted by molar-refractivity contribution is 7.90. The van der Waals surface area contributed by atoms with Gasteiger partial charge in [-0.15, -0.1) is 0 Å². The molecule has 144 valence electrons. The summed E-state index contributed by atoms with van der Waals surface area (Å²) in [5.74, 6) is 0. The molecule has 27 heavy (non-hydrogen) atoms. The van der Waals surface area contributed by atoms with E-state index in [2.05, 4.69) is 30.9 Å². The minimum absolute atomic E-state index is 0.127. The van der Waals surface area contributed by atoms with E-state index in [0.29, 0.717) is 5.69 Å². The molecule has 2 aromatic carbocycles. The third kappa shape index (κ3) is 3.83. The molecule has 0 spiro atoms. The van der Waals surface area contributed by atoms with Crippen molar-refractivity contribution in [1.29, 1.82) is 0 Å². The Bertz CT molecular complexity index is 985. The number of nitrogens with zero attached hydrogens (tertiary/aromatic N) is 2. The van der Waals surface area contributed by atoms with Crippen LogP contribution in [0, 0.1) is 24.0 Å². The van der Waals surface area contributed by atoms with Crippen LogP contribution in [0.25, 0.3) is 0 Å². The molecule has 0 saturated carbocycles. The fraction of sp³-hybridized carbons (Fsp3) is 0.400. The second-order valence-corrected chi connectivity index (χ2v) is 9.16. The monoisotopic (exact) mass is 388 g/mol. The predicted octanol–water partition coefficient (Wildman–Crippen LogP) is 4.35. The zero-order valence-corrected chi connectivity index (χ0v) is 16.6. The van der Waals surface area contributed by atoms with Crippen molar-refractivity contribution in [3.8, 4) is 0 Å². The van der Waals surface area contributed by atoms with E-state index in [9.17, 15) is 18.5 Å². The molecular formula is C20H24N2O4S. The van der Waals surface area contributed by atoms with Crippen LogP contribution < -0.4 is 4.90 Å². The summed E-state index contributed by atoms with van der Waals surface area (Å²) >= 11 is 0. The zero-order valence-electron chi connectivity index (χ0n) is 15.8. The molecule has 0 radical (unpaired) electrons. The first kappa shape index (κ1) is 19.4. The standard InChI is InChI=1S/C20H24N2O4S/c1-14-7-6-8-17(15(14)2)18-9-4-5-12-21(18)16-10-11-20(27(3,25)26)19(13-16)22(23)24/h6-8,10-11,13,18H,4-5,9,12H2,1-3H3/t18-/m1/s1. The smallest absolute Gasteiger partial charge is 0.290 e. The molecule has 0 aromatic heterocycles. The lowest BCUT2D eigenvalue weighted by Gasteiger charge is -2.38. The van der Waals surface area contributed by atoms with Crippen molar-refractivity contribution >= 4 is 21.2 Å². The number of rotatable bonds is 4. The van der Waals surface area contributed by atoms with Crippen LogP contribution in [0.3, 0.4) is 0 Å². The molecule has 1 atom stereocenters. The molecule has 0 unspecified atom stereocenters. The summed E-state index contributed by atoms with van der Waals surface area (Å²) < 4.78 is 23.8. The highest BCUT2D eigenvalue weighted by Gasteiger charge is 2.29. The molecular weight excluding hydrogens is 364 g/mol. The summed E-state index contributed by atoms with van der Waals surface area (Å²) in [4.78, 5) is 12.8. The first-order chi connectivity index (χ1) is 12.7. The third-order valence-corrected chi connectivity index (χ3v) is 6.52. The number of piperidine rings is 1. The van der Waals surface area contributed by atoms with Gasteiger partial charge in [-0.05, 0) is 61.9 Å². The third-order valence-electron chi connectivity index (χ3n) is 5.38. The van der Waals surface area contributed by atoms with Gasteiger partial charge in [0.15, 0.2) is 9.84 Å². The predicted molar refractivity (Wildman–Crippen MR) is 106 cm³/mol. The molecule has 0 N–H and O–H groups in total. The average Bonchev–Trinajstić information content (AvgIpc) is 2.63. The van der Waals surface area contributed by atoms with E-state index in [1.807, 2.05) is 6.07 Å². The number of anilines is 1. The SMILES string of the molecule is Cc1cccc([C@H]2CCCCN2c2ccc(S(C)(=O)=O)c([N+](=O)[O-])c2)c1C. The van der Waals surface area contributed by atoms with Crippen LogP contribution in [0.4, 0.5) is 11.4 Å².